The number of fused-ring (bicyclic) bond motifs is 2. The molecule has 0 saturated carbocycles. The first-order chi connectivity index (χ1) is 12.1. The topological polar surface area (TPSA) is 58.0 Å². The smallest absolute Gasteiger partial charge is 0.155 e. The van der Waals surface area contributed by atoms with Gasteiger partial charge < -0.3 is 10.3 Å². The van der Waals surface area contributed by atoms with E-state index in [0.29, 0.717) is 0 Å². The molecular formula is C20H23N5. The number of nitrogens with zero attached hydrogens (tertiary/aromatic N) is 3. The lowest BCUT2D eigenvalue weighted by atomic mass is 10.1. The highest BCUT2D eigenvalue weighted by Gasteiger charge is 2.13. The van der Waals surface area contributed by atoms with Crippen LogP contribution in [0.3, 0.4) is 0 Å². The number of rotatable bonds is 5. The van der Waals surface area contributed by atoms with E-state index in [9.17, 15) is 0 Å². The summed E-state index contributed by atoms with van der Waals surface area (Å²) in [5.41, 5.74) is 6.78. The van der Waals surface area contributed by atoms with Crippen molar-refractivity contribution in [2.75, 3.05) is 6.54 Å². The quantitative estimate of drug-likeness (QED) is 0.585. The molecule has 0 aliphatic heterocycles. The van der Waals surface area contributed by atoms with Crippen molar-refractivity contribution >= 4 is 16.6 Å². The van der Waals surface area contributed by atoms with Crippen LogP contribution in [0.4, 0.5) is 0 Å². The van der Waals surface area contributed by atoms with Crippen molar-refractivity contribution in [1.82, 2.24) is 24.9 Å². The molecule has 5 nitrogen and oxygen atoms in total. The molecule has 4 rings (SSSR count). The zero-order chi connectivity index (χ0) is 17.4. The number of hydrogen-bond donors (Lipinski definition) is 2. The summed E-state index contributed by atoms with van der Waals surface area (Å²) in [7, 11) is 0. The van der Waals surface area contributed by atoms with E-state index >= 15 is 0 Å². The fourth-order valence-corrected chi connectivity index (χ4v) is 3.47. The highest BCUT2D eigenvalue weighted by Crippen LogP contribution is 2.20. The van der Waals surface area contributed by atoms with Gasteiger partial charge in [-0.15, -0.1) is 0 Å². The lowest BCUT2D eigenvalue weighted by Crippen LogP contribution is -2.23. The first kappa shape index (κ1) is 15.8. The van der Waals surface area contributed by atoms with E-state index < -0.39 is 0 Å². The van der Waals surface area contributed by atoms with Crippen LogP contribution in [0.1, 0.15) is 35.5 Å². The Balaban J connectivity index is 1.47. The largest absolute Gasteiger partial charge is 0.361 e. The van der Waals surface area contributed by atoms with Gasteiger partial charge in [-0.05, 0) is 45.4 Å². The van der Waals surface area contributed by atoms with Crippen molar-refractivity contribution in [3.63, 3.8) is 0 Å². The Kier molecular flexibility index (Phi) is 4.01. The van der Waals surface area contributed by atoms with Gasteiger partial charge >= 0.3 is 0 Å². The van der Waals surface area contributed by atoms with Crippen molar-refractivity contribution in [2.24, 2.45) is 0 Å². The van der Waals surface area contributed by atoms with Gasteiger partial charge in [0.05, 0.1) is 5.69 Å². The zero-order valence-electron chi connectivity index (χ0n) is 14.9. The Bertz CT molecular complexity index is 1030. The van der Waals surface area contributed by atoms with E-state index in [4.69, 9.17) is 0 Å². The predicted octanol–water partition coefficient (Wildman–Crippen LogP) is 3.72. The molecule has 1 aromatic carbocycles. The lowest BCUT2D eigenvalue weighted by molar-refractivity contribution is 0.568. The van der Waals surface area contributed by atoms with E-state index in [0.717, 1.165) is 30.0 Å². The number of nitrogens with one attached hydrogen (secondary N) is 2. The van der Waals surface area contributed by atoms with Crippen molar-refractivity contribution in [1.29, 1.82) is 0 Å². The number of para-hydroxylation sites is 1. The molecule has 0 spiro atoms. The first-order valence-electron chi connectivity index (χ1n) is 8.74. The van der Waals surface area contributed by atoms with Crippen LogP contribution in [0, 0.1) is 13.8 Å². The van der Waals surface area contributed by atoms with Crippen molar-refractivity contribution in [3.8, 4) is 0 Å². The third-order valence-electron chi connectivity index (χ3n) is 4.87. The summed E-state index contributed by atoms with van der Waals surface area (Å²) in [4.78, 5) is 7.88. The fourth-order valence-electron chi connectivity index (χ4n) is 3.47. The normalized spacial score (nSPS) is 12.9. The van der Waals surface area contributed by atoms with Gasteiger partial charge in [0.2, 0.25) is 0 Å². The third kappa shape index (κ3) is 2.91. The van der Waals surface area contributed by atoms with Crippen molar-refractivity contribution in [2.45, 2.75) is 33.2 Å². The Morgan fingerprint density at radius 3 is 2.96 bits per heavy atom. The van der Waals surface area contributed by atoms with Gasteiger partial charge in [0.15, 0.2) is 5.65 Å². The number of aromatic amines is 1. The summed E-state index contributed by atoms with van der Waals surface area (Å²) in [5, 5.41) is 9.46. The Morgan fingerprint density at radius 1 is 1.24 bits per heavy atom. The maximum atomic E-state index is 4.54. The SMILES string of the molecule is Cc1cc2ncc([C@H](C)NCCc3c[nH]c4ccccc34)c(C)n2n1. The number of benzene rings is 1. The van der Waals surface area contributed by atoms with Crippen LogP contribution >= 0.6 is 0 Å². The Labute approximate surface area is 147 Å². The maximum absolute atomic E-state index is 4.54. The molecule has 1 atom stereocenters. The predicted molar refractivity (Wildman–Crippen MR) is 101 cm³/mol. The van der Waals surface area contributed by atoms with Gasteiger partial charge in [0, 0.05) is 46.7 Å². The zero-order valence-corrected chi connectivity index (χ0v) is 14.9. The van der Waals surface area contributed by atoms with E-state index in [1.54, 1.807) is 0 Å². The molecule has 0 unspecified atom stereocenters. The average molecular weight is 333 g/mol. The monoisotopic (exact) mass is 333 g/mol. The molecule has 0 aliphatic rings. The molecule has 128 valence electrons. The minimum Gasteiger partial charge on any atom is -0.361 e. The molecule has 0 aliphatic carbocycles. The standard InChI is InChI=1S/C20H23N5/c1-13-10-20-23-12-18(15(3)25(20)24-13)14(2)21-9-8-16-11-22-19-7-5-4-6-17(16)19/h4-7,10-12,14,21-22H,8-9H2,1-3H3/t14-/m0/s1. The second-order valence-corrected chi connectivity index (χ2v) is 6.64. The van der Waals surface area contributed by atoms with E-state index in [-0.39, 0.29) is 6.04 Å². The molecule has 0 bridgehead atoms. The molecule has 3 aromatic heterocycles. The number of H-pyrrole nitrogens is 1. The molecule has 25 heavy (non-hydrogen) atoms. The highest BCUT2D eigenvalue weighted by atomic mass is 15.3. The van der Waals surface area contributed by atoms with Crippen LogP contribution in [0.2, 0.25) is 0 Å². The van der Waals surface area contributed by atoms with Crippen LogP contribution in [-0.4, -0.2) is 26.1 Å². The number of hydrogen-bond acceptors (Lipinski definition) is 3. The van der Waals surface area contributed by atoms with Crippen LogP contribution < -0.4 is 5.32 Å². The summed E-state index contributed by atoms with van der Waals surface area (Å²) in [6, 6.07) is 10.7. The minimum absolute atomic E-state index is 0.228. The summed E-state index contributed by atoms with van der Waals surface area (Å²) in [5.74, 6) is 0. The molecule has 0 saturated heterocycles. The van der Waals surface area contributed by atoms with E-state index in [1.807, 2.05) is 23.7 Å². The number of aryl methyl sites for hydroxylation is 2. The minimum atomic E-state index is 0.228. The fraction of sp³-hybridized carbons (Fsp3) is 0.300. The van der Waals surface area contributed by atoms with Gasteiger partial charge in [-0.3, -0.25) is 0 Å². The Morgan fingerprint density at radius 2 is 2.08 bits per heavy atom. The second kappa shape index (κ2) is 6.33. The molecular weight excluding hydrogens is 310 g/mol. The molecule has 0 fully saturated rings. The summed E-state index contributed by atoms with van der Waals surface area (Å²) < 4.78 is 1.93. The van der Waals surface area contributed by atoms with Crippen LogP contribution in [0.25, 0.3) is 16.6 Å². The first-order valence-corrected chi connectivity index (χ1v) is 8.74. The van der Waals surface area contributed by atoms with Gasteiger partial charge in [-0.2, -0.15) is 5.10 Å². The van der Waals surface area contributed by atoms with Crippen LogP contribution in [0.15, 0.2) is 42.7 Å². The maximum Gasteiger partial charge on any atom is 0.155 e. The van der Waals surface area contributed by atoms with Crippen LogP contribution in [0.5, 0.6) is 0 Å². The highest BCUT2D eigenvalue weighted by molar-refractivity contribution is 5.83. The second-order valence-electron chi connectivity index (χ2n) is 6.64. The molecule has 2 N–H and O–H groups in total. The lowest BCUT2D eigenvalue weighted by Gasteiger charge is -2.16. The molecule has 5 heteroatoms. The summed E-state index contributed by atoms with van der Waals surface area (Å²) in [6.45, 7) is 7.20. The molecule has 4 aromatic rings. The summed E-state index contributed by atoms with van der Waals surface area (Å²) >= 11 is 0. The van der Waals surface area contributed by atoms with Crippen molar-refractivity contribution in [3.05, 3.63) is 65.2 Å². The van der Waals surface area contributed by atoms with E-state index in [2.05, 4.69) is 64.7 Å². The average Bonchev–Trinajstić information content (AvgIpc) is 3.19. The third-order valence-corrected chi connectivity index (χ3v) is 4.87. The summed E-state index contributed by atoms with van der Waals surface area (Å²) in [6.07, 6.45) is 5.07. The number of aromatic nitrogens is 4. The molecule has 3 heterocycles. The van der Waals surface area contributed by atoms with E-state index in [1.165, 1.54) is 22.0 Å². The van der Waals surface area contributed by atoms with Gasteiger partial charge in [0.1, 0.15) is 0 Å². The molecule has 0 amide bonds. The van der Waals surface area contributed by atoms with Crippen LogP contribution in [-0.2, 0) is 6.42 Å². The van der Waals surface area contributed by atoms with Gasteiger partial charge in [0.25, 0.3) is 0 Å². The van der Waals surface area contributed by atoms with Gasteiger partial charge in [-0.1, -0.05) is 18.2 Å². The molecule has 0 radical (unpaired) electrons. The Hall–Kier alpha value is -2.66. The van der Waals surface area contributed by atoms with Crippen molar-refractivity contribution < 1.29 is 0 Å². The van der Waals surface area contributed by atoms with Gasteiger partial charge in [-0.25, -0.2) is 9.50 Å².